The minimum Gasteiger partial charge on any atom is -0.497 e. The van der Waals surface area contributed by atoms with Gasteiger partial charge in [0.15, 0.2) is 5.82 Å². The quantitative estimate of drug-likeness (QED) is 0.523. The normalized spacial score (nSPS) is 11.1. The number of anilines is 2. The molecule has 0 radical (unpaired) electrons. The van der Waals surface area contributed by atoms with Gasteiger partial charge in [-0.3, -0.25) is 19.9 Å². The van der Waals surface area contributed by atoms with E-state index in [1.165, 1.54) is 13.2 Å². The smallest absolute Gasteiger partial charge is 0.258 e. The monoisotopic (exact) mass is 431 g/mol. The predicted octanol–water partition coefficient (Wildman–Crippen LogP) is 2.42. The van der Waals surface area contributed by atoms with Gasteiger partial charge >= 0.3 is 0 Å². The van der Waals surface area contributed by atoms with Crippen molar-refractivity contribution in [1.29, 1.82) is 0 Å². The average molecular weight is 431 g/mol. The summed E-state index contributed by atoms with van der Waals surface area (Å²) in [4.78, 5) is 16.9. The third kappa shape index (κ3) is 4.87. The molecule has 0 aliphatic rings. The number of carbonyl (C=O) groups is 1. The number of aromatic nitrogens is 3. The molecule has 0 aliphatic carbocycles. The highest BCUT2D eigenvalue weighted by Crippen LogP contribution is 2.31. The van der Waals surface area contributed by atoms with E-state index in [1.807, 2.05) is 0 Å². The molecule has 1 amide bonds. The molecular formula is C19H21N5O5S. The summed E-state index contributed by atoms with van der Waals surface area (Å²) in [5.41, 5.74) is 1.90. The van der Waals surface area contributed by atoms with Gasteiger partial charge in [-0.05, 0) is 36.8 Å². The summed E-state index contributed by atoms with van der Waals surface area (Å²) in [5.74, 6) is 1.12. The van der Waals surface area contributed by atoms with Crippen molar-refractivity contribution in [2.75, 3.05) is 30.5 Å². The molecule has 0 fully saturated rings. The van der Waals surface area contributed by atoms with Crippen molar-refractivity contribution >= 4 is 27.6 Å². The van der Waals surface area contributed by atoms with Crippen LogP contribution in [0, 0.1) is 6.92 Å². The van der Waals surface area contributed by atoms with E-state index in [1.54, 1.807) is 44.4 Å². The zero-order chi connectivity index (χ0) is 21.9. The third-order valence-corrected chi connectivity index (χ3v) is 4.76. The third-order valence-electron chi connectivity index (χ3n) is 4.17. The number of nitrogens with zero attached hydrogens (tertiary/aromatic N) is 2. The number of aryl methyl sites for hydroxylation is 1. The number of sulfonamides is 1. The first kappa shape index (κ1) is 21.1. The van der Waals surface area contributed by atoms with Gasteiger partial charge in [-0.25, -0.2) is 8.42 Å². The average Bonchev–Trinajstić information content (AvgIpc) is 3.16. The Labute approximate surface area is 173 Å². The van der Waals surface area contributed by atoms with Crippen molar-refractivity contribution in [3.05, 3.63) is 47.5 Å². The van der Waals surface area contributed by atoms with Crippen LogP contribution in [0.2, 0.25) is 0 Å². The summed E-state index contributed by atoms with van der Waals surface area (Å²) in [6, 6.07) is 9.89. The molecule has 0 bridgehead atoms. The summed E-state index contributed by atoms with van der Waals surface area (Å²) < 4.78 is 35.9. The van der Waals surface area contributed by atoms with Crippen LogP contribution in [-0.2, 0) is 10.0 Å². The molecule has 3 N–H and O–H groups in total. The molecule has 0 atom stereocenters. The van der Waals surface area contributed by atoms with Crippen LogP contribution in [0.5, 0.6) is 11.5 Å². The number of benzene rings is 2. The van der Waals surface area contributed by atoms with Gasteiger partial charge in [0.2, 0.25) is 16.0 Å². The molecule has 10 nitrogen and oxygen atoms in total. The lowest BCUT2D eigenvalue weighted by atomic mass is 10.1. The number of H-pyrrole nitrogens is 1. The largest absolute Gasteiger partial charge is 0.497 e. The number of carbonyl (C=O) groups excluding carboxylic acids is 1. The van der Waals surface area contributed by atoms with Crippen LogP contribution in [-0.4, -0.2) is 50.0 Å². The first-order chi connectivity index (χ1) is 14.2. The topological polar surface area (TPSA) is 135 Å². The molecule has 11 heteroatoms. The van der Waals surface area contributed by atoms with Crippen molar-refractivity contribution in [3.8, 4) is 22.9 Å². The van der Waals surface area contributed by atoms with Crippen LogP contribution in [0.4, 0.5) is 11.6 Å². The van der Waals surface area contributed by atoms with Gasteiger partial charge < -0.3 is 9.47 Å². The number of hydrogen-bond donors (Lipinski definition) is 3. The van der Waals surface area contributed by atoms with E-state index in [9.17, 15) is 13.2 Å². The first-order valence-corrected chi connectivity index (χ1v) is 10.6. The Morgan fingerprint density at radius 1 is 1.10 bits per heavy atom. The SMILES string of the molecule is COc1ccc(-c2nc(NC(=O)c3ccc(C)c(NS(C)(=O)=O)c3)n[nH]2)c(OC)c1. The second-order valence-electron chi connectivity index (χ2n) is 6.43. The van der Waals surface area contributed by atoms with Crippen molar-refractivity contribution in [1.82, 2.24) is 15.2 Å². The fraction of sp³-hybridized carbons (Fsp3) is 0.211. The zero-order valence-corrected chi connectivity index (χ0v) is 17.6. The van der Waals surface area contributed by atoms with Crippen LogP contribution in [0.1, 0.15) is 15.9 Å². The van der Waals surface area contributed by atoms with E-state index < -0.39 is 15.9 Å². The summed E-state index contributed by atoms with van der Waals surface area (Å²) in [7, 11) is -0.394. The minimum absolute atomic E-state index is 0.0612. The Balaban J connectivity index is 1.81. The van der Waals surface area contributed by atoms with Gasteiger partial charge in [-0.2, -0.15) is 4.98 Å². The van der Waals surface area contributed by atoms with Crippen LogP contribution < -0.4 is 19.5 Å². The lowest BCUT2D eigenvalue weighted by Crippen LogP contribution is -2.15. The maximum Gasteiger partial charge on any atom is 0.258 e. The van der Waals surface area contributed by atoms with E-state index in [4.69, 9.17) is 9.47 Å². The molecule has 3 aromatic rings. The van der Waals surface area contributed by atoms with Gasteiger partial charge in [0.25, 0.3) is 5.91 Å². The molecule has 2 aromatic carbocycles. The number of ether oxygens (including phenoxy) is 2. The zero-order valence-electron chi connectivity index (χ0n) is 16.8. The summed E-state index contributed by atoms with van der Waals surface area (Å²) in [6.07, 6.45) is 1.04. The predicted molar refractivity (Wildman–Crippen MR) is 113 cm³/mol. The molecule has 1 heterocycles. The molecule has 0 spiro atoms. The summed E-state index contributed by atoms with van der Waals surface area (Å²) in [5, 5.41) is 9.35. The highest BCUT2D eigenvalue weighted by Gasteiger charge is 2.15. The molecule has 158 valence electrons. The number of rotatable bonds is 7. The molecule has 0 saturated heterocycles. The summed E-state index contributed by atoms with van der Waals surface area (Å²) >= 11 is 0. The Kier molecular flexibility index (Phi) is 5.92. The second kappa shape index (κ2) is 8.41. The van der Waals surface area contributed by atoms with Crippen LogP contribution >= 0.6 is 0 Å². The minimum atomic E-state index is -3.47. The van der Waals surface area contributed by atoms with Crippen LogP contribution in [0.3, 0.4) is 0 Å². The van der Waals surface area contributed by atoms with Crippen molar-refractivity contribution in [2.45, 2.75) is 6.92 Å². The van der Waals surface area contributed by atoms with Crippen molar-refractivity contribution in [2.24, 2.45) is 0 Å². The second-order valence-corrected chi connectivity index (χ2v) is 8.18. The number of aromatic amines is 1. The van der Waals surface area contributed by atoms with Crippen molar-refractivity contribution in [3.63, 3.8) is 0 Å². The first-order valence-electron chi connectivity index (χ1n) is 8.75. The molecule has 0 aliphatic heterocycles. The van der Waals surface area contributed by atoms with Gasteiger partial charge in [0, 0.05) is 11.6 Å². The standard InChI is InChI=1S/C19H21N5O5S/c1-11-5-6-12(9-15(11)24-30(4,26)27)18(25)21-19-20-17(22-23-19)14-8-7-13(28-2)10-16(14)29-3/h5-10,24H,1-4H3,(H2,20,21,22,23,25). The Hall–Kier alpha value is -3.60. The lowest BCUT2D eigenvalue weighted by Gasteiger charge is -2.09. The van der Waals surface area contributed by atoms with Gasteiger partial charge in [0.05, 0.1) is 31.7 Å². The van der Waals surface area contributed by atoms with Crippen LogP contribution in [0.15, 0.2) is 36.4 Å². The Bertz CT molecular complexity index is 1190. The highest BCUT2D eigenvalue weighted by molar-refractivity contribution is 7.92. The number of nitrogens with one attached hydrogen (secondary N) is 3. The lowest BCUT2D eigenvalue weighted by molar-refractivity contribution is 0.102. The van der Waals surface area contributed by atoms with E-state index in [2.05, 4.69) is 25.2 Å². The van der Waals surface area contributed by atoms with Gasteiger partial charge in [-0.1, -0.05) is 6.07 Å². The molecule has 0 unspecified atom stereocenters. The van der Waals surface area contributed by atoms with E-state index >= 15 is 0 Å². The number of hydrogen-bond acceptors (Lipinski definition) is 7. The fourth-order valence-corrected chi connectivity index (χ4v) is 3.30. The molecular weight excluding hydrogens is 410 g/mol. The van der Waals surface area contributed by atoms with E-state index in [0.29, 0.717) is 34.1 Å². The number of methoxy groups -OCH3 is 2. The molecule has 30 heavy (non-hydrogen) atoms. The Morgan fingerprint density at radius 3 is 2.53 bits per heavy atom. The van der Waals surface area contributed by atoms with E-state index in [0.717, 1.165) is 6.26 Å². The van der Waals surface area contributed by atoms with Gasteiger partial charge in [-0.15, -0.1) is 5.10 Å². The molecule has 0 saturated carbocycles. The number of amides is 1. The summed E-state index contributed by atoms with van der Waals surface area (Å²) in [6.45, 7) is 1.74. The Morgan fingerprint density at radius 2 is 1.87 bits per heavy atom. The highest BCUT2D eigenvalue weighted by atomic mass is 32.2. The van der Waals surface area contributed by atoms with Crippen LogP contribution in [0.25, 0.3) is 11.4 Å². The van der Waals surface area contributed by atoms with E-state index in [-0.39, 0.29) is 11.5 Å². The maximum atomic E-state index is 12.6. The fourth-order valence-electron chi connectivity index (χ4n) is 2.68. The van der Waals surface area contributed by atoms with Crippen molar-refractivity contribution < 1.29 is 22.7 Å². The van der Waals surface area contributed by atoms with Gasteiger partial charge in [0.1, 0.15) is 11.5 Å². The maximum absolute atomic E-state index is 12.6. The molecule has 1 aromatic heterocycles. The molecule has 3 rings (SSSR count).